The number of benzene rings is 1. The van der Waals surface area contributed by atoms with Crippen LogP contribution in [-0.2, 0) is 6.54 Å². The molecule has 4 nitrogen and oxygen atoms in total. The lowest BCUT2D eigenvalue weighted by molar-refractivity contribution is 0.616. The molecule has 0 atom stereocenters. The molecule has 0 fully saturated rings. The number of hydrogen-bond acceptors (Lipinski definition) is 3. The van der Waals surface area contributed by atoms with Gasteiger partial charge in [-0.1, -0.05) is 0 Å². The van der Waals surface area contributed by atoms with Gasteiger partial charge in [-0.15, -0.1) is 0 Å². The first-order chi connectivity index (χ1) is 8.79. The second kappa shape index (κ2) is 4.31. The fourth-order valence-electron chi connectivity index (χ4n) is 2.21. The van der Waals surface area contributed by atoms with Crippen molar-refractivity contribution in [3.05, 3.63) is 42.5 Å². The summed E-state index contributed by atoms with van der Waals surface area (Å²) >= 11 is 0. The van der Waals surface area contributed by atoms with Gasteiger partial charge < -0.3 is 14.7 Å². The van der Waals surface area contributed by atoms with E-state index in [1.807, 2.05) is 24.5 Å². The van der Waals surface area contributed by atoms with Crippen LogP contribution in [0.1, 0.15) is 5.69 Å². The third kappa shape index (κ3) is 1.71. The van der Waals surface area contributed by atoms with E-state index in [-0.39, 0.29) is 0 Å². The van der Waals surface area contributed by atoms with Crippen molar-refractivity contribution < 1.29 is 4.42 Å². The summed E-state index contributed by atoms with van der Waals surface area (Å²) in [5.74, 6) is 0. The standard InChI is InChI=1S/C14H15N3O/c1-10-14(16-9-17(10)6-5-15)12-2-3-13-11(8-12)4-7-18-13/h2-4,7-9H,5-6,15H2,1H3. The average Bonchev–Trinajstić information content (AvgIpc) is 2.97. The minimum Gasteiger partial charge on any atom is -0.464 e. The molecule has 2 N–H and O–H groups in total. The van der Waals surface area contributed by atoms with Gasteiger partial charge in [0.25, 0.3) is 0 Å². The quantitative estimate of drug-likeness (QED) is 0.766. The van der Waals surface area contributed by atoms with Crippen molar-refractivity contribution in [1.29, 1.82) is 0 Å². The van der Waals surface area contributed by atoms with Gasteiger partial charge in [0.15, 0.2) is 0 Å². The van der Waals surface area contributed by atoms with E-state index in [9.17, 15) is 0 Å². The highest BCUT2D eigenvalue weighted by atomic mass is 16.3. The zero-order chi connectivity index (χ0) is 12.5. The number of rotatable bonds is 3. The highest BCUT2D eigenvalue weighted by Gasteiger charge is 2.09. The molecule has 0 unspecified atom stereocenters. The van der Waals surface area contributed by atoms with Crippen molar-refractivity contribution in [2.75, 3.05) is 6.54 Å². The maximum atomic E-state index is 5.58. The van der Waals surface area contributed by atoms with Crippen molar-refractivity contribution in [2.24, 2.45) is 5.73 Å². The molecule has 0 aliphatic rings. The monoisotopic (exact) mass is 241 g/mol. The lowest BCUT2D eigenvalue weighted by atomic mass is 10.1. The molecule has 2 aromatic heterocycles. The number of nitrogens with two attached hydrogens (primary N) is 1. The first-order valence-electron chi connectivity index (χ1n) is 5.99. The van der Waals surface area contributed by atoms with E-state index in [2.05, 4.69) is 22.5 Å². The predicted molar refractivity (Wildman–Crippen MR) is 71.2 cm³/mol. The number of furan rings is 1. The third-order valence-corrected chi connectivity index (χ3v) is 3.20. The van der Waals surface area contributed by atoms with Crippen molar-refractivity contribution in [1.82, 2.24) is 9.55 Å². The van der Waals surface area contributed by atoms with Gasteiger partial charge in [0.2, 0.25) is 0 Å². The first-order valence-corrected chi connectivity index (χ1v) is 5.99. The van der Waals surface area contributed by atoms with Gasteiger partial charge in [0.05, 0.1) is 18.3 Å². The molecule has 0 spiro atoms. The zero-order valence-corrected chi connectivity index (χ0v) is 10.3. The van der Waals surface area contributed by atoms with Gasteiger partial charge in [-0.05, 0) is 31.2 Å². The molecule has 0 saturated heterocycles. The second-order valence-electron chi connectivity index (χ2n) is 4.33. The van der Waals surface area contributed by atoms with E-state index in [4.69, 9.17) is 10.2 Å². The van der Waals surface area contributed by atoms with Crippen LogP contribution in [0.15, 0.2) is 41.3 Å². The minimum absolute atomic E-state index is 0.622. The highest BCUT2D eigenvalue weighted by molar-refractivity contribution is 5.83. The van der Waals surface area contributed by atoms with Crippen LogP contribution in [0.5, 0.6) is 0 Å². The van der Waals surface area contributed by atoms with Gasteiger partial charge in [-0.2, -0.15) is 0 Å². The summed E-state index contributed by atoms with van der Waals surface area (Å²) < 4.78 is 7.42. The number of hydrogen-bond donors (Lipinski definition) is 1. The second-order valence-corrected chi connectivity index (χ2v) is 4.33. The smallest absolute Gasteiger partial charge is 0.133 e. The molecule has 92 valence electrons. The van der Waals surface area contributed by atoms with Crippen molar-refractivity contribution in [3.63, 3.8) is 0 Å². The van der Waals surface area contributed by atoms with Crippen LogP contribution in [0.25, 0.3) is 22.2 Å². The molecule has 1 aromatic carbocycles. The molecule has 3 aromatic rings. The lowest BCUT2D eigenvalue weighted by Crippen LogP contribution is -2.10. The normalized spacial score (nSPS) is 11.2. The Bertz CT molecular complexity index is 681. The number of aromatic nitrogens is 2. The van der Waals surface area contributed by atoms with Gasteiger partial charge in [-0.3, -0.25) is 0 Å². The molecule has 0 bridgehead atoms. The Kier molecular flexibility index (Phi) is 2.64. The van der Waals surface area contributed by atoms with Gasteiger partial charge in [-0.25, -0.2) is 4.98 Å². The summed E-state index contributed by atoms with van der Waals surface area (Å²) in [6.07, 6.45) is 3.55. The number of imidazole rings is 1. The summed E-state index contributed by atoms with van der Waals surface area (Å²) in [6.45, 7) is 3.49. The van der Waals surface area contributed by atoms with Gasteiger partial charge in [0, 0.05) is 29.7 Å². The van der Waals surface area contributed by atoms with Crippen molar-refractivity contribution in [2.45, 2.75) is 13.5 Å². The summed E-state index contributed by atoms with van der Waals surface area (Å²) in [5.41, 5.74) is 9.73. The molecule has 0 saturated carbocycles. The fraction of sp³-hybridized carbons (Fsp3) is 0.214. The first kappa shape index (κ1) is 11.0. The van der Waals surface area contributed by atoms with Gasteiger partial charge >= 0.3 is 0 Å². The summed E-state index contributed by atoms with van der Waals surface area (Å²) in [7, 11) is 0. The van der Waals surface area contributed by atoms with Crippen molar-refractivity contribution >= 4 is 11.0 Å². The van der Waals surface area contributed by atoms with Crippen molar-refractivity contribution in [3.8, 4) is 11.3 Å². The van der Waals surface area contributed by atoms with E-state index in [0.29, 0.717) is 6.54 Å². The van der Waals surface area contributed by atoms with E-state index in [1.54, 1.807) is 6.26 Å². The van der Waals surface area contributed by atoms with Crippen LogP contribution in [-0.4, -0.2) is 16.1 Å². The predicted octanol–water partition coefficient (Wildman–Crippen LogP) is 2.56. The van der Waals surface area contributed by atoms with Crippen LogP contribution in [0.4, 0.5) is 0 Å². The van der Waals surface area contributed by atoms with Gasteiger partial charge in [0.1, 0.15) is 5.58 Å². The highest BCUT2D eigenvalue weighted by Crippen LogP contribution is 2.26. The van der Waals surface area contributed by atoms with Crippen LogP contribution < -0.4 is 5.73 Å². The molecule has 0 aliphatic carbocycles. The van der Waals surface area contributed by atoms with Crippen LogP contribution >= 0.6 is 0 Å². The lowest BCUT2D eigenvalue weighted by Gasteiger charge is -2.04. The van der Waals surface area contributed by atoms with E-state index < -0.39 is 0 Å². The third-order valence-electron chi connectivity index (χ3n) is 3.20. The van der Waals surface area contributed by atoms with Crippen LogP contribution in [0, 0.1) is 6.92 Å². The molecule has 4 heteroatoms. The Morgan fingerprint density at radius 2 is 2.22 bits per heavy atom. The molecule has 3 rings (SSSR count). The van der Waals surface area contributed by atoms with E-state index in [1.165, 1.54) is 0 Å². The number of nitrogens with zero attached hydrogens (tertiary/aromatic N) is 2. The van der Waals surface area contributed by atoms with E-state index in [0.717, 1.165) is 34.5 Å². The Morgan fingerprint density at radius 1 is 1.33 bits per heavy atom. The zero-order valence-electron chi connectivity index (χ0n) is 10.3. The number of fused-ring (bicyclic) bond motifs is 1. The molecule has 0 amide bonds. The molecule has 0 radical (unpaired) electrons. The fourth-order valence-corrected chi connectivity index (χ4v) is 2.21. The SMILES string of the molecule is Cc1c(-c2ccc3occc3c2)ncn1CCN. The average molecular weight is 241 g/mol. The van der Waals surface area contributed by atoms with Crippen LogP contribution in [0.3, 0.4) is 0 Å². The molecule has 2 heterocycles. The Labute approximate surface area is 105 Å². The Balaban J connectivity index is 2.07. The largest absolute Gasteiger partial charge is 0.464 e. The topological polar surface area (TPSA) is 57.0 Å². The Morgan fingerprint density at radius 3 is 3.06 bits per heavy atom. The Hall–Kier alpha value is -2.07. The van der Waals surface area contributed by atoms with E-state index >= 15 is 0 Å². The maximum Gasteiger partial charge on any atom is 0.133 e. The summed E-state index contributed by atoms with van der Waals surface area (Å²) in [5, 5.41) is 1.10. The summed E-state index contributed by atoms with van der Waals surface area (Å²) in [6, 6.07) is 8.08. The molecular weight excluding hydrogens is 226 g/mol. The maximum absolute atomic E-state index is 5.58. The molecule has 18 heavy (non-hydrogen) atoms. The van der Waals surface area contributed by atoms with Crippen LogP contribution in [0.2, 0.25) is 0 Å². The molecular formula is C14H15N3O. The molecule has 0 aliphatic heterocycles. The summed E-state index contributed by atoms with van der Waals surface area (Å²) in [4.78, 5) is 4.47. The minimum atomic E-state index is 0.622.